The number of aryl methyl sites for hydroxylation is 1. The second-order valence-electron chi connectivity index (χ2n) is 9.22. The number of carbonyl (C=O) groups excluding carboxylic acids is 1. The number of fused-ring (bicyclic) bond motifs is 3. The van der Waals surface area contributed by atoms with E-state index >= 15 is 0 Å². The van der Waals surface area contributed by atoms with Gasteiger partial charge >= 0.3 is 6.18 Å². The van der Waals surface area contributed by atoms with Crippen molar-refractivity contribution < 1.29 is 18.0 Å². The number of rotatable bonds is 5. The van der Waals surface area contributed by atoms with Crippen LogP contribution in [0.5, 0.6) is 0 Å². The van der Waals surface area contributed by atoms with E-state index in [0.29, 0.717) is 54.2 Å². The minimum Gasteiger partial charge on any atom is -0.398 e. The largest absolute Gasteiger partial charge is 0.431 e. The van der Waals surface area contributed by atoms with Crippen molar-refractivity contribution in [1.29, 1.82) is 10.8 Å². The number of nitrogen functional groups attached to an aromatic ring is 1. The second kappa shape index (κ2) is 8.95. The molecule has 0 unspecified atom stereocenters. The second-order valence-corrected chi connectivity index (χ2v) is 9.22. The molecule has 1 aromatic carbocycles. The lowest BCUT2D eigenvalue weighted by atomic mass is 9.83. The van der Waals surface area contributed by atoms with Gasteiger partial charge in [0.05, 0.1) is 11.2 Å². The highest BCUT2D eigenvalue weighted by molar-refractivity contribution is 6.47. The average Bonchev–Trinajstić information content (AvgIpc) is 2.77. The first kappa shape index (κ1) is 24.6. The molecular weight excluding hydrogens is 459 g/mol. The molecule has 0 saturated carbocycles. The van der Waals surface area contributed by atoms with Crippen LogP contribution in [0.15, 0.2) is 17.8 Å². The van der Waals surface area contributed by atoms with Crippen molar-refractivity contribution in [2.24, 2.45) is 5.73 Å². The third-order valence-corrected chi connectivity index (χ3v) is 6.84. The van der Waals surface area contributed by atoms with Crippen molar-refractivity contribution in [3.63, 3.8) is 0 Å². The number of pyridine rings is 1. The minimum atomic E-state index is -4.81. The zero-order chi connectivity index (χ0) is 25.7. The Kier molecular flexibility index (Phi) is 6.31. The molecule has 6 N–H and O–H groups in total. The molecule has 2 aromatic rings. The summed E-state index contributed by atoms with van der Waals surface area (Å²) in [6.07, 6.45) is -1.73. The van der Waals surface area contributed by atoms with E-state index < -0.39 is 23.4 Å². The molecule has 4 rings (SSSR count). The van der Waals surface area contributed by atoms with E-state index in [9.17, 15) is 18.0 Å². The number of nitrogens with two attached hydrogens (primary N) is 2. The number of alkyl halides is 3. The van der Waals surface area contributed by atoms with Crippen LogP contribution in [0.4, 0.5) is 18.9 Å². The predicted octanol–water partition coefficient (Wildman–Crippen LogP) is 2.72. The first-order chi connectivity index (χ1) is 16.5. The van der Waals surface area contributed by atoms with Crippen LogP contribution in [-0.4, -0.2) is 72.0 Å². The predicted molar refractivity (Wildman–Crippen MR) is 130 cm³/mol. The Morgan fingerprint density at radius 3 is 2.40 bits per heavy atom. The Bertz CT molecular complexity index is 1260. The topological polar surface area (TPSA) is 136 Å². The van der Waals surface area contributed by atoms with Crippen LogP contribution in [0, 0.1) is 10.8 Å². The SMILES string of the molecule is CN(C)C1CN(C(=O)C(=N)c2c(N)ccc3nc(C(C=N)=C(N)C(F)(F)F)c4c(c23)CCCC4)C1. The number of aromatic nitrogens is 1. The van der Waals surface area contributed by atoms with Gasteiger partial charge in [-0.1, -0.05) is 0 Å². The maximum Gasteiger partial charge on any atom is 0.431 e. The highest BCUT2D eigenvalue weighted by atomic mass is 19.4. The maximum atomic E-state index is 13.4. The molecule has 2 aliphatic rings. The van der Waals surface area contributed by atoms with E-state index in [1.807, 2.05) is 19.0 Å². The lowest BCUT2D eigenvalue weighted by Gasteiger charge is -2.42. The smallest absolute Gasteiger partial charge is 0.398 e. The van der Waals surface area contributed by atoms with Crippen molar-refractivity contribution in [1.82, 2.24) is 14.8 Å². The van der Waals surface area contributed by atoms with Crippen LogP contribution < -0.4 is 11.5 Å². The molecule has 0 spiro atoms. The molecular formula is C24H28F3N7O. The molecule has 1 aliphatic carbocycles. The summed E-state index contributed by atoms with van der Waals surface area (Å²) >= 11 is 0. The average molecular weight is 488 g/mol. The summed E-state index contributed by atoms with van der Waals surface area (Å²) in [5, 5.41) is 16.9. The van der Waals surface area contributed by atoms with Gasteiger partial charge in [0.2, 0.25) is 0 Å². The molecule has 0 atom stereocenters. The summed E-state index contributed by atoms with van der Waals surface area (Å²) < 4.78 is 40.3. The summed E-state index contributed by atoms with van der Waals surface area (Å²) in [4.78, 5) is 21.2. The third kappa shape index (κ3) is 4.24. The summed E-state index contributed by atoms with van der Waals surface area (Å²) in [5.74, 6) is -0.447. The van der Waals surface area contributed by atoms with Crippen LogP contribution >= 0.6 is 0 Å². The number of hydrogen-bond donors (Lipinski definition) is 4. The number of likely N-dealkylation sites (tertiary alicyclic amines) is 1. The molecule has 35 heavy (non-hydrogen) atoms. The van der Waals surface area contributed by atoms with Gasteiger partial charge in [0.1, 0.15) is 11.4 Å². The molecule has 0 radical (unpaired) electrons. The van der Waals surface area contributed by atoms with Crippen molar-refractivity contribution in [3.8, 4) is 0 Å². The lowest BCUT2D eigenvalue weighted by molar-refractivity contribution is -0.130. The van der Waals surface area contributed by atoms with Gasteiger partial charge in [-0.15, -0.1) is 0 Å². The van der Waals surface area contributed by atoms with E-state index in [2.05, 4.69) is 4.98 Å². The number of hydrogen-bond acceptors (Lipinski definition) is 7. The van der Waals surface area contributed by atoms with E-state index in [0.717, 1.165) is 12.8 Å². The van der Waals surface area contributed by atoms with Gasteiger partial charge in [-0.05, 0) is 63.0 Å². The number of benzene rings is 1. The van der Waals surface area contributed by atoms with E-state index in [1.54, 1.807) is 11.0 Å². The van der Waals surface area contributed by atoms with E-state index in [-0.39, 0.29) is 28.7 Å². The molecule has 1 aliphatic heterocycles. The van der Waals surface area contributed by atoms with E-state index in [1.165, 1.54) is 6.07 Å². The van der Waals surface area contributed by atoms with Crippen molar-refractivity contribution in [2.75, 3.05) is 32.9 Å². The first-order valence-corrected chi connectivity index (χ1v) is 11.3. The fourth-order valence-corrected chi connectivity index (χ4v) is 4.77. The Morgan fingerprint density at radius 1 is 1.20 bits per heavy atom. The Balaban J connectivity index is 1.90. The number of amides is 1. The number of carbonyl (C=O) groups is 1. The zero-order valence-electron chi connectivity index (χ0n) is 19.6. The van der Waals surface area contributed by atoms with Crippen LogP contribution in [0.25, 0.3) is 16.5 Å². The fourth-order valence-electron chi connectivity index (χ4n) is 4.77. The van der Waals surface area contributed by atoms with E-state index in [4.69, 9.17) is 22.3 Å². The molecule has 2 heterocycles. The number of anilines is 1. The molecule has 1 amide bonds. The molecule has 1 fully saturated rings. The van der Waals surface area contributed by atoms with Crippen LogP contribution in [-0.2, 0) is 17.6 Å². The zero-order valence-corrected chi connectivity index (χ0v) is 19.6. The van der Waals surface area contributed by atoms with Crippen molar-refractivity contribution in [2.45, 2.75) is 37.9 Å². The first-order valence-electron chi connectivity index (χ1n) is 11.3. The van der Waals surface area contributed by atoms with Crippen molar-refractivity contribution in [3.05, 3.63) is 40.2 Å². The highest BCUT2D eigenvalue weighted by Gasteiger charge is 2.37. The Morgan fingerprint density at radius 2 is 1.83 bits per heavy atom. The molecule has 1 saturated heterocycles. The summed E-state index contributed by atoms with van der Waals surface area (Å²) in [6, 6.07) is 3.30. The monoisotopic (exact) mass is 487 g/mol. The summed E-state index contributed by atoms with van der Waals surface area (Å²) in [7, 11) is 3.86. The quantitative estimate of drug-likeness (QED) is 0.380. The van der Waals surface area contributed by atoms with Crippen LogP contribution in [0.2, 0.25) is 0 Å². The van der Waals surface area contributed by atoms with Gasteiger partial charge in [0.15, 0.2) is 0 Å². The summed E-state index contributed by atoms with van der Waals surface area (Å²) in [6.45, 7) is 1.01. The highest BCUT2D eigenvalue weighted by Crippen LogP contribution is 2.38. The Hall–Kier alpha value is -3.47. The third-order valence-electron chi connectivity index (χ3n) is 6.84. The molecule has 8 nitrogen and oxygen atoms in total. The molecule has 0 bridgehead atoms. The number of nitrogens with one attached hydrogen (secondary N) is 2. The number of allylic oxidation sites excluding steroid dienone is 2. The fraction of sp³-hybridized carbons (Fsp3) is 0.417. The molecule has 186 valence electrons. The number of likely N-dealkylation sites (N-methyl/N-ethyl adjacent to an activating group) is 1. The minimum absolute atomic E-state index is 0.0159. The van der Waals surface area contributed by atoms with Gasteiger partial charge in [-0.2, -0.15) is 13.2 Å². The van der Waals surface area contributed by atoms with Gasteiger partial charge in [0.25, 0.3) is 5.91 Å². The van der Waals surface area contributed by atoms with Gasteiger partial charge in [0, 0.05) is 47.6 Å². The van der Waals surface area contributed by atoms with Crippen LogP contribution in [0.1, 0.15) is 35.2 Å². The molecule has 11 heteroatoms. The standard InChI is InChI=1S/C24H28F3N7O/c1-33(2)12-10-34(11-12)23(35)20(30)19-16(29)7-8-17-18(19)13-5-3-4-6-14(13)21(32-17)15(9-28)22(31)24(25,26)27/h7-9,12,28,30H,3-6,10-11,29,31H2,1-2H3. The number of halogens is 3. The lowest BCUT2D eigenvalue weighted by Crippen LogP contribution is -2.60. The Labute approximate surface area is 200 Å². The van der Waals surface area contributed by atoms with Crippen LogP contribution in [0.3, 0.4) is 0 Å². The summed E-state index contributed by atoms with van der Waals surface area (Å²) in [5.41, 5.74) is 11.6. The maximum absolute atomic E-state index is 13.4. The van der Waals surface area contributed by atoms with Gasteiger partial charge < -0.3 is 26.7 Å². The van der Waals surface area contributed by atoms with Gasteiger partial charge in [-0.25, -0.2) is 4.98 Å². The van der Waals surface area contributed by atoms with Gasteiger partial charge in [-0.3, -0.25) is 10.2 Å². The number of nitrogens with zero attached hydrogens (tertiary/aromatic N) is 3. The van der Waals surface area contributed by atoms with Crippen molar-refractivity contribution >= 4 is 40.0 Å². The normalized spacial score (nSPS) is 17.1. The molecule has 1 aromatic heterocycles.